The van der Waals surface area contributed by atoms with Crippen LogP contribution < -0.4 is 10.6 Å². The summed E-state index contributed by atoms with van der Waals surface area (Å²) in [6.45, 7) is 4.03. The van der Waals surface area contributed by atoms with Crippen LogP contribution >= 0.6 is 12.2 Å². The molecule has 22 heavy (non-hydrogen) atoms. The van der Waals surface area contributed by atoms with Gasteiger partial charge in [0.2, 0.25) is 5.91 Å². The molecule has 0 radical (unpaired) electrons. The number of nitrogens with one attached hydrogen (secondary N) is 2. The maximum absolute atomic E-state index is 11.8. The second-order valence-corrected chi connectivity index (χ2v) is 6.62. The highest BCUT2D eigenvalue weighted by Gasteiger charge is 2.16. The van der Waals surface area contributed by atoms with Crippen LogP contribution in [0.15, 0.2) is 30.3 Å². The van der Waals surface area contributed by atoms with Crippen LogP contribution in [0.4, 0.5) is 5.69 Å². The van der Waals surface area contributed by atoms with E-state index in [1.165, 1.54) is 21.9 Å². The SMILES string of the molecule is CC(C)CC(=O)NC(=S)Nc1ccc2c3c(cccc13)CC2. The van der Waals surface area contributed by atoms with Crippen molar-refractivity contribution >= 4 is 39.7 Å². The lowest BCUT2D eigenvalue weighted by Gasteiger charge is -2.13. The van der Waals surface area contributed by atoms with Crippen molar-refractivity contribution < 1.29 is 4.79 Å². The molecule has 0 unspecified atom stereocenters. The van der Waals surface area contributed by atoms with Crippen LogP contribution in [-0.2, 0) is 17.6 Å². The Morgan fingerprint density at radius 2 is 1.91 bits per heavy atom. The molecule has 3 rings (SSSR count). The molecule has 0 bridgehead atoms. The van der Waals surface area contributed by atoms with E-state index in [1.807, 2.05) is 19.9 Å². The molecule has 2 aromatic carbocycles. The number of benzene rings is 2. The summed E-state index contributed by atoms with van der Waals surface area (Å²) in [6.07, 6.45) is 2.68. The fourth-order valence-corrected chi connectivity index (χ4v) is 3.28. The van der Waals surface area contributed by atoms with Crippen LogP contribution in [0.5, 0.6) is 0 Å². The van der Waals surface area contributed by atoms with Gasteiger partial charge in [-0.15, -0.1) is 0 Å². The predicted molar refractivity (Wildman–Crippen MR) is 95.2 cm³/mol. The third-order valence-electron chi connectivity index (χ3n) is 3.97. The van der Waals surface area contributed by atoms with E-state index < -0.39 is 0 Å². The molecule has 0 heterocycles. The van der Waals surface area contributed by atoms with Gasteiger partial charge in [0, 0.05) is 17.5 Å². The first-order valence-electron chi connectivity index (χ1n) is 7.69. The lowest BCUT2D eigenvalue weighted by Crippen LogP contribution is -2.34. The Kier molecular flexibility index (Phi) is 4.12. The van der Waals surface area contributed by atoms with E-state index in [9.17, 15) is 4.79 Å². The molecule has 1 aliphatic rings. The number of hydrogen-bond donors (Lipinski definition) is 2. The molecule has 0 spiro atoms. The number of thiocarbonyl (C=S) groups is 1. The van der Waals surface area contributed by atoms with Crippen molar-refractivity contribution in [3.8, 4) is 0 Å². The first-order chi connectivity index (χ1) is 10.5. The third kappa shape index (κ3) is 2.97. The van der Waals surface area contributed by atoms with Crippen molar-refractivity contribution in [2.24, 2.45) is 5.92 Å². The van der Waals surface area contributed by atoms with Crippen molar-refractivity contribution in [3.05, 3.63) is 41.5 Å². The van der Waals surface area contributed by atoms with E-state index in [-0.39, 0.29) is 5.91 Å². The van der Waals surface area contributed by atoms with Gasteiger partial charge in [-0.25, -0.2) is 0 Å². The van der Waals surface area contributed by atoms with Crippen molar-refractivity contribution in [2.75, 3.05) is 5.32 Å². The fraction of sp³-hybridized carbons (Fsp3) is 0.333. The maximum atomic E-state index is 11.8. The van der Waals surface area contributed by atoms with E-state index in [0.717, 1.165) is 18.5 Å². The number of anilines is 1. The minimum absolute atomic E-state index is 0.0431. The summed E-state index contributed by atoms with van der Waals surface area (Å²) in [7, 11) is 0. The minimum Gasteiger partial charge on any atom is -0.332 e. The number of rotatable bonds is 3. The Hall–Kier alpha value is -1.94. The Labute approximate surface area is 136 Å². The average Bonchev–Trinajstić information content (AvgIpc) is 2.86. The summed E-state index contributed by atoms with van der Waals surface area (Å²) in [5.41, 5.74) is 3.74. The number of amides is 1. The van der Waals surface area contributed by atoms with E-state index in [0.29, 0.717) is 17.5 Å². The lowest BCUT2D eigenvalue weighted by atomic mass is 10.0. The summed E-state index contributed by atoms with van der Waals surface area (Å²) in [6, 6.07) is 10.6. The van der Waals surface area contributed by atoms with E-state index >= 15 is 0 Å². The Morgan fingerprint density at radius 1 is 1.18 bits per heavy atom. The van der Waals surface area contributed by atoms with Crippen LogP contribution in [0, 0.1) is 5.92 Å². The summed E-state index contributed by atoms with van der Waals surface area (Å²) < 4.78 is 0. The van der Waals surface area contributed by atoms with Gasteiger partial charge < -0.3 is 10.6 Å². The van der Waals surface area contributed by atoms with E-state index in [2.05, 4.69) is 34.9 Å². The van der Waals surface area contributed by atoms with Gasteiger partial charge in [0.05, 0.1) is 0 Å². The maximum Gasteiger partial charge on any atom is 0.226 e. The predicted octanol–water partition coefficient (Wildman–Crippen LogP) is 3.80. The van der Waals surface area contributed by atoms with Gasteiger partial charge in [-0.3, -0.25) is 4.79 Å². The molecule has 1 aliphatic carbocycles. The summed E-state index contributed by atoms with van der Waals surface area (Å²) in [4.78, 5) is 11.8. The summed E-state index contributed by atoms with van der Waals surface area (Å²) in [5, 5.41) is 8.80. The Morgan fingerprint density at radius 3 is 2.64 bits per heavy atom. The van der Waals surface area contributed by atoms with Gasteiger partial charge >= 0.3 is 0 Å². The number of carbonyl (C=O) groups excluding carboxylic acids is 1. The summed E-state index contributed by atoms with van der Waals surface area (Å²) >= 11 is 5.27. The van der Waals surface area contributed by atoms with E-state index in [4.69, 9.17) is 12.2 Å². The topological polar surface area (TPSA) is 41.1 Å². The van der Waals surface area contributed by atoms with Gasteiger partial charge in [0.25, 0.3) is 0 Å². The average molecular weight is 312 g/mol. The van der Waals surface area contributed by atoms with Crippen LogP contribution in [-0.4, -0.2) is 11.0 Å². The van der Waals surface area contributed by atoms with Gasteiger partial charge in [0.1, 0.15) is 0 Å². The molecule has 114 valence electrons. The number of hydrogen-bond acceptors (Lipinski definition) is 2. The molecule has 1 amide bonds. The van der Waals surface area contributed by atoms with E-state index in [1.54, 1.807) is 0 Å². The molecular formula is C18H20N2OS. The van der Waals surface area contributed by atoms with Crippen molar-refractivity contribution in [2.45, 2.75) is 33.1 Å². The Bertz CT molecular complexity index is 742. The highest BCUT2D eigenvalue weighted by Crippen LogP contribution is 2.34. The monoisotopic (exact) mass is 312 g/mol. The molecule has 2 N–H and O–H groups in total. The highest BCUT2D eigenvalue weighted by atomic mass is 32.1. The zero-order valence-electron chi connectivity index (χ0n) is 12.9. The van der Waals surface area contributed by atoms with Crippen LogP contribution in [0.1, 0.15) is 31.4 Å². The first kappa shape index (κ1) is 15.0. The standard InChI is InChI=1S/C18H20N2OS/c1-11(2)10-16(21)20-18(22)19-15-9-8-13-7-6-12-4-3-5-14(15)17(12)13/h3-5,8-9,11H,6-7,10H2,1-2H3,(H2,19,20,21,22). The van der Waals surface area contributed by atoms with Gasteiger partial charge in [0.15, 0.2) is 5.11 Å². The fourth-order valence-electron chi connectivity index (χ4n) is 3.06. The van der Waals surface area contributed by atoms with Crippen molar-refractivity contribution in [1.82, 2.24) is 5.32 Å². The smallest absolute Gasteiger partial charge is 0.226 e. The molecule has 0 atom stereocenters. The van der Waals surface area contributed by atoms with Crippen LogP contribution in [0.2, 0.25) is 0 Å². The van der Waals surface area contributed by atoms with Crippen molar-refractivity contribution in [1.29, 1.82) is 0 Å². The molecule has 0 aromatic heterocycles. The number of carbonyl (C=O) groups is 1. The molecule has 2 aromatic rings. The van der Waals surface area contributed by atoms with Crippen molar-refractivity contribution in [3.63, 3.8) is 0 Å². The van der Waals surface area contributed by atoms with Gasteiger partial charge in [-0.1, -0.05) is 38.1 Å². The van der Waals surface area contributed by atoms with Gasteiger partial charge in [-0.05, 0) is 53.6 Å². The first-order valence-corrected chi connectivity index (χ1v) is 8.09. The molecule has 3 nitrogen and oxygen atoms in total. The molecule has 0 saturated carbocycles. The highest BCUT2D eigenvalue weighted by molar-refractivity contribution is 7.80. The molecule has 0 aliphatic heterocycles. The third-order valence-corrected chi connectivity index (χ3v) is 4.18. The van der Waals surface area contributed by atoms with Gasteiger partial charge in [-0.2, -0.15) is 0 Å². The minimum atomic E-state index is -0.0431. The Balaban J connectivity index is 1.80. The molecule has 0 fully saturated rings. The second kappa shape index (κ2) is 6.05. The summed E-state index contributed by atoms with van der Waals surface area (Å²) in [5.74, 6) is 0.276. The lowest BCUT2D eigenvalue weighted by molar-refractivity contribution is -0.120. The largest absolute Gasteiger partial charge is 0.332 e. The molecule has 4 heteroatoms. The van der Waals surface area contributed by atoms with Crippen LogP contribution in [0.25, 0.3) is 10.8 Å². The molecule has 0 saturated heterocycles. The molecular weight excluding hydrogens is 292 g/mol. The quantitative estimate of drug-likeness (QED) is 0.847. The second-order valence-electron chi connectivity index (χ2n) is 6.21. The zero-order valence-corrected chi connectivity index (χ0v) is 13.7. The normalized spacial score (nSPS) is 12.7. The zero-order chi connectivity index (χ0) is 15.7. The number of aryl methyl sites for hydroxylation is 2. The van der Waals surface area contributed by atoms with Crippen LogP contribution in [0.3, 0.4) is 0 Å².